The minimum Gasteiger partial charge on any atom is -0.486 e. The van der Waals surface area contributed by atoms with E-state index in [0.717, 1.165) is 45.1 Å². The molecule has 48 heavy (non-hydrogen) atoms. The number of aromatic nitrogens is 3. The summed E-state index contributed by atoms with van der Waals surface area (Å²) < 4.78 is 26.6. The summed E-state index contributed by atoms with van der Waals surface area (Å²) in [4.78, 5) is 45.7. The van der Waals surface area contributed by atoms with Crippen LogP contribution in [-0.2, 0) is 14.3 Å². The molecule has 4 aliphatic rings. The molecule has 0 bridgehead atoms. The number of rotatable bonds is 8. The Hall–Kier alpha value is -4.87. The molecule has 4 aliphatic heterocycles. The summed E-state index contributed by atoms with van der Waals surface area (Å²) in [6, 6.07) is 15.3. The smallest absolute Gasteiger partial charge is 0.245 e. The molecule has 0 radical (unpaired) electrons. The maximum absolute atomic E-state index is 15.3. The zero-order valence-electron chi connectivity index (χ0n) is 26.8. The van der Waals surface area contributed by atoms with Crippen LogP contribution in [0.4, 0.5) is 21.7 Å². The van der Waals surface area contributed by atoms with Crippen molar-refractivity contribution in [2.75, 3.05) is 69.7 Å². The zero-order valence-corrected chi connectivity index (χ0v) is 26.8. The number of amides is 2. The van der Waals surface area contributed by atoms with E-state index in [-0.39, 0.29) is 36.1 Å². The number of carbonyl (C=O) groups excluding carboxylic acids is 2. The van der Waals surface area contributed by atoms with Crippen LogP contribution >= 0.6 is 0 Å². The molecule has 2 amide bonds. The maximum atomic E-state index is 15.3. The number of hydrogen-bond donors (Lipinski definition) is 1. The van der Waals surface area contributed by atoms with E-state index in [0.29, 0.717) is 42.8 Å². The summed E-state index contributed by atoms with van der Waals surface area (Å²) in [7, 11) is 1.61. The Kier molecular flexibility index (Phi) is 9.05. The van der Waals surface area contributed by atoms with Crippen LogP contribution in [0.15, 0.2) is 48.8 Å². The second-order valence-electron chi connectivity index (χ2n) is 12.6. The Balaban J connectivity index is 0.956. The number of ether oxygens (including phenoxy) is 2. The van der Waals surface area contributed by atoms with Gasteiger partial charge in [0, 0.05) is 69.6 Å². The molecule has 0 spiro atoms. The predicted octanol–water partition coefficient (Wildman–Crippen LogP) is 2.61. The van der Waals surface area contributed by atoms with Gasteiger partial charge in [0.2, 0.25) is 17.8 Å². The third-order valence-corrected chi connectivity index (χ3v) is 9.72. The quantitative estimate of drug-likeness (QED) is 0.383. The fourth-order valence-corrected chi connectivity index (χ4v) is 6.70. The van der Waals surface area contributed by atoms with E-state index in [9.17, 15) is 14.9 Å². The first kappa shape index (κ1) is 31.7. The van der Waals surface area contributed by atoms with E-state index in [1.165, 1.54) is 21.8 Å². The van der Waals surface area contributed by atoms with Crippen molar-refractivity contribution in [1.29, 1.82) is 5.26 Å². The molecule has 3 aromatic rings. The molecule has 3 atom stereocenters. The van der Waals surface area contributed by atoms with E-state index < -0.39 is 18.3 Å². The molecule has 250 valence electrons. The van der Waals surface area contributed by atoms with E-state index in [1.54, 1.807) is 25.2 Å². The first-order valence-electron chi connectivity index (χ1n) is 16.4. The van der Waals surface area contributed by atoms with Crippen molar-refractivity contribution in [2.45, 2.75) is 43.6 Å². The summed E-state index contributed by atoms with van der Waals surface area (Å²) in [5.41, 5.74) is 2.80. The maximum Gasteiger partial charge on any atom is 0.245 e. The summed E-state index contributed by atoms with van der Waals surface area (Å²) in [5.74, 6) is 0.663. The molecular weight excluding hydrogens is 617 g/mol. The molecule has 1 N–H and O–H groups in total. The topological polar surface area (TPSA) is 140 Å². The molecule has 14 heteroatoms. The van der Waals surface area contributed by atoms with Gasteiger partial charge in [0.05, 0.1) is 31.4 Å². The van der Waals surface area contributed by atoms with Crippen molar-refractivity contribution in [3.63, 3.8) is 0 Å². The molecule has 0 aliphatic carbocycles. The average Bonchev–Trinajstić information content (AvgIpc) is 3.42. The van der Waals surface area contributed by atoms with Gasteiger partial charge >= 0.3 is 0 Å². The van der Waals surface area contributed by atoms with Gasteiger partial charge in [-0.15, -0.1) is 0 Å². The number of nitrogens with one attached hydrogen (secondary N) is 1. The van der Waals surface area contributed by atoms with Crippen molar-refractivity contribution in [3.8, 4) is 23.2 Å². The summed E-state index contributed by atoms with van der Waals surface area (Å²) in [6.07, 6.45) is 0.178. The standard InChI is InChI=1S/C34H38FN9O4/c1-41-28(7-9-31(41)45)33(46)44-11-10-30(27(35)18-44)48-29-8-2-22(16-23(29)17-36)32-37-21-38-34(40-32)39-24-3-5-25(6-4-24)42-12-14-43(15-13-42)26-19-47-20-26/h2-6,8,16,21,26-28,30H,7,9-15,18-20H2,1H3,(H,37,38,39,40)/t27-,28-,30-/m0/s1. The number of likely N-dealkylation sites (tertiary alicyclic amines) is 2. The van der Waals surface area contributed by atoms with Gasteiger partial charge < -0.3 is 29.5 Å². The highest BCUT2D eigenvalue weighted by atomic mass is 19.1. The van der Waals surface area contributed by atoms with Gasteiger partial charge in [-0.25, -0.2) is 14.4 Å². The average molecular weight is 656 g/mol. The van der Waals surface area contributed by atoms with Gasteiger partial charge in [-0.1, -0.05) is 0 Å². The van der Waals surface area contributed by atoms with Crippen LogP contribution in [0.5, 0.6) is 5.75 Å². The summed E-state index contributed by atoms with van der Waals surface area (Å²) in [5, 5.41) is 13.1. The number of likely N-dealkylation sites (N-methyl/N-ethyl adjacent to an activating group) is 1. The second kappa shape index (κ2) is 13.7. The largest absolute Gasteiger partial charge is 0.486 e. The molecule has 4 saturated heterocycles. The van der Waals surface area contributed by atoms with Crippen molar-refractivity contribution in [1.82, 2.24) is 29.7 Å². The minimum absolute atomic E-state index is 0.0778. The number of carbonyl (C=O) groups is 2. The molecule has 5 heterocycles. The fourth-order valence-electron chi connectivity index (χ4n) is 6.70. The van der Waals surface area contributed by atoms with E-state index >= 15 is 4.39 Å². The van der Waals surface area contributed by atoms with Crippen LogP contribution in [-0.4, -0.2) is 125 Å². The van der Waals surface area contributed by atoms with Crippen molar-refractivity contribution < 1.29 is 23.5 Å². The Morgan fingerprint density at radius 1 is 1.06 bits per heavy atom. The lowest BCUT2D eigenvalue weighted by Crippen LogP contribution is -2.56. The predicted molar refractivity (Wildman–Crippen MR) is 174 cm³/mol. The number of piperidine rings is 1. The molecule has 13 nitrogen and oxygen atoms in total. The summed E-state index contributed by atoms with van der Waals surface area (Å²) in [6.45, 7) is 5.88. The highest BCUT2D eigenvalue weighted by Crippen LogP contribution is 2.30. The van der Waals surface area contributed by atoms with Gasteiger partial charge in [0.1, 0.15) is 30.3 Å². The van der Waals surface area contributed by atoms with Crippen LogP contribution in [0.1, 0.15) is 24.8 Å². The molecule has 1 aromatic heterocycles. The second-order valence-corrected chi connectivity index (χ2v) is 12.6. The van der Waals surface area contributed by atoms with E-state index in [1.807, 2.05) is 12.1 Å². The first-order valence-corrected chi connectivity index (χ1v) is 16.4. The SMILES string of the molecule is CN1C(=O)CC[C@H]1C(=O)N1CC[C@H](Oc2ccc(-c3ncnc(Nc4ccc(N5CCN(C6COC6)CC5)cc4)n3)cc2C#N)[C@@H](F)C1. The fraction of sp³-hybridized carbons (Fsp3) is 0.471. The third kappa shape index (κ3) is 6.61. The van der Waals surface area contributed by atoms with Crippen LogP contribution in [0.2, 0.25) is 0 Å². The lowest BCUT2D eigenvalue weighted by atomic mass is 10.0. The third-order valence-electron chi connectivity index (χ3n) is 9.72. The molecule has 0 saturated carbocycles. The lowest BCUT2D eigenvalue weighted by Gasteiger charge is -2.43. The number of benzene rings is 2. The van der Waals surface area contributed by atoms with Gasteiger partial charge in [0.15, 0.2) is 12.0 Å². The number of piperazine rings is 1. The number of alkyl halides is 1. The molecule has 7 rings (SSSR count). The number of hydrogen-bond acceptors (Lipinski definition) is 11. The highest BCUT2D eigenvalue weighted by molar-refractivity contribution is 5.90. The Bertz CT molecular complexity index is 1690. The van der Waals surface area contributed by atoms with Gasteiger partial charge in [0.25, 0.3) is 0 Å². The summed E-state index contributed by atoms with van der Waals surface area (Å²) >= 11 is 0. The number of nitrogens with zero attached hydrogens (tertiary/aromatic N) is 8. The van der Waals surface area contributed by atoms with Gasteiger partial charge in [-0.3, -0.25) is 14.5 Å². The molecule has 2 aromatic carbocycles. The van der Waals surface area contributed by atoms with Crippen LogP contribution < -0.4 is 15.0 Å². The van der Waals surface area contributed by atoms with E-state index in [4.69, 9.17) is 9.47 Å². The lowest BCUT2D eigenvalue weighted by molar-refractivity contribution is -0.143. The normalized spacial score (nSPS) is 23.5. The van der Waals surface area contributed by atoms with Crippen LogP contribution in [0, 0.1) is 11.3 Å². The zero-order chi connectivity index (χ0) is 33.2. The van der Waals surface area contributed by atoms with Crippen molar-refractivity contribution >= 4 is 29.1 Å². The van der Waals surface area contributed by atoms with Gasteiger partial charge in [-0.05, 0) is 48.9 Å². The van der Waals surface area contributed by atoms with Crippen LogP contribution in [0.3, 0.4) is 0 Å². The Morgan fingerprint density at radius 3 is 2.52 bits per heavy atom. The van der Waals surface area contributed by atoms with Crippen molar-refractivity contribution in [2.24, 2.45) is 0 Å². The number of nitriles is 1. The number of halogens is 1. The Labute approximate surface area is 278 Å². The number of anilines is 3. The first-order chi connectivity index (χ1) is 23.4. The van der Waals surface area contributed by atoms with Gasteiger partial charge in [-0.2, -0.15) is 10.2 Å². The minimum atomic E-state index is -1.44. The highest BCUT2D eigenvalue weighted by Gasteiger charge is 2.40. The molecule has 0 unspecified atom stereocenters. The molecular formula is C34H38FN9O4. The van der Waals surface area contributed by atoms with Crippen LogP contribution in [0.25, 0.3) is 11.4 Å². The van der Waals surface area contributed by atoms with E-state index in [2.05, 4.69) is 48.3 Å². The Morgan fingerprint density at radius 2 is 1.85 bits per heavy atom. The molecule has 4 fully saturated rings. The van der Waals surface area contributed by atoms with Crippen molar-refractivity contribution in [3.05, 3.63) is 54.4 Å². The monoisotopic (exact) mass is 655 g/mol.